The first-order chi connectivity index (χ1) is 9.79. The van der Waals surface area contributed by atoms with E-state index < -0.39 is 0 Å². The van der Waals surface area contributed by atoms with Crippen LogP contribution in [0.3, 0.4) is 0 Å². The van der Waals surface area contributed by atoms with Gasteiger partial charge in [-0.3, -0.25) is 4.99 Å². The van der Waals surface area contributed by atoms with Gasteiger partial charge in [0.15, 0.2) is 5.96 Å². The van der Waals surface area contributed by atoms with Gasteiger partial charge in [0.05, 0.1) is 13.2 Å². The van der Waals surface area contributed by atoms with E-state index in [-0.39, 0.29) is 24.0 Å². The molecule has 0 bridgehead atoms. The lowest BCUT2D eigenvalue weighted by atomic mass is 10.2. The summed E-state index contributed by atoms with van der Waals surface area (Å²) in [5.41, 5.74) is 8.02. The predicted molar refractivity (Wildman–Crippen MR) is 103 cm³/mol. The van der Waals surface area contributed by atoms with Crippen LogP contribution in [0.1, 0.15) is 24.8 Å². The number of rotatable bonds is 5. The van der Waals surface area contributed by atoms with Gasteiger partial charge in [-0.05, 0) is 24.7 Å². The van der Waals surface area contributed by atoms with Crippen LogP contribution in [0.5, 0.6) is 0 Å². The summed E-state index contributed by atoms with van der Waals surface area (Å²) in [6, 6.07) is 7.99. The van der Waals surface area contributed by atoms with Crippen LogP contribution in [-0.2, 0) is 11.3 Å². The summed E-state index contributed by atoms with van der Waals surface area (Å²) >= 11 is 2.01. The molecule has 0 radical (unpaired) electrons. The minimum Gasteiger partial charge on any atom is -0.380 e. The van der Waals surface area contributed by atoms with Crippen LogP contribution < -0.4 is 11.1 Å². The van der Waals surface area contributed by atoms with Gasteiger partial charge in [0, 0.05) is 23.6 Å². The Morgan fingerprint density at radius 1 is 1.43 bits per heavy atom. The van der Waals surface area contributed by atoms with E-state index in [1.54, 1.807) is 7.11 Å². The molecule has 1 fully saturated rings. The number of thioether (sulfide) groups is 1. The molecule has 1 saturated heterocycles. The van der Waals surface area contributed by atoms with Crippen LogP contribution in [0.2, 0.25) is 0 Å². The molecule has 0 spiro atoms. The second kappa shape index (κ2) is 10.3. The van der Waals surface area contributed by atoms with E-state index in [1.165, 1.54) is 25.0 Å². The molecule has 0 saturated carbocycles. The molecular weight excluding hydrogens is 397 g/mol. The standard InChI is InChI=1S/C15H23N3OS.HI/c1-19-11-12-6-2-3-8-14(12)18-15(16)17-10-13-7-4-5-9-20-13;/h2-3,6,8,13H,4-5,7,9-11H2,1H3,(H3,16,17,18);1H. The van der Waals surface area contributed by atoms with Crippen LogP contribution in [0.4, 0.5) is 5.69 Å². The summed E-state index contributed by atoms with van der Waals surface area (Å²) in [6.45, 7) is 1.37. The number of hydrogen-bond donors (Lipinski definition) is 2. The summed E-state index contributed by atoms with van der Waals surface area (Å²) in [5.74, 6) is 1.74. The minimum absolute atomic E-state index is 0. The van der Waals surface area contributed by atoms with Crippen molar-refractivity contribution in [1.82, 2.24) is 0 Å². The Bertz CT molecular complexity index is 450. The maximum Gasteiger partial charge on any atom is 0.193 e. The van der Waals surface area contributed by atoms with Crippen molar-refractivity contribution >= 4 is 47.4 Å². The van der Waals surface area contributed by atoms with E-state index in [1.807, 2.05) is 36.0 Å². The monoisotopic (exact) mass is 421 g/mol. The van der Waals surface area contributed by atoms with Gasteiger partial charge >= 0.3 is 0 Å². The zero-order chi connectivity index (χ0) is 14.2. The fraction of sp³-hybridized carbons (Fsp3) is 0.533. The second-order valence-electron chi connectivity index (χ2n) is 4.93. The normalized spacial score (nSPS) is 18.9. The molecule has 1 aromatic carbocycles. The molecule has 0 amide bonds. The zero-order valence-corrected chi connectivity index (χ0v) is 15.5. The molecule has 3 N–H and O–H groups in total. The van der Waals surface area contributed by atoms with Crippen molar-refractivity contribution in [3.05, 3.63) is 29.8 Å². The average molecular weight is 421 g/mol. The smallest absolute Gasteiger partial charge is 0.193 e. The Kier molecular flexibility index (Phi) is 9.10. The molecule has 0 aliphatic carbocycles. The lowest BCUT2D eigenvalue weighted by molar-refractivity contribution is 0.185. The number of methoxy groups -OCH3 is 1. The van der Waals surface area contributed by atoms with Crippen molar-refractivity contribution in [2.45, 2.75) is 31.1 Å². The van der Waals surface area contributed by atoms with Crippen LogP contribution in [0, 0.1) is 0 Å². The molecule has 1 unspecified atom stereocenters. The molecule has 1 aromatic rings. The van der Waals surface area contributed by atoms with Crippen molar-refractivity contribution in [2.24, 2.45) is 10.7 Å². The maximum atomic E-state index is 5.98. The van der Waals surface area contributed by atoms with Gasteiger partial charge in [-0.1, -0.05) is 24.6 Å². The SMILES string of the molecule is COCc1ccccc1NC(N)=NCC1CCCCS1.I. The largest absolute Gasteiger partial charge is 0.380 e. The van der Waals surface area contributed by atoms with Crippen molar-refractivity contribution in [3.63, 3.8) is 0 Å². The molecule has 1 aliphatic rings. The van der Waals surface area contributed by atoms with Crippen molar-refractivity contribution < 1.29 is 4.74 Å². The van der Waals surface area contributed by atoms with Crippen molar-refractivity contribution in [2.75, 3.05) is 24.7 Å². The molecule has 21 heavy (non-hydrogen) atoms. The van der Waals surface area contributed by atoms with E-state index in [2.05, 4.69) is 10.3 Å². The number of halogens is 1. The van der Waals surface area contributed by atoms with Crippen molar-refractivity contribution in [1.29, 1.82) is 0 Å². The quantitative estimate of drug-likeness (QED) is 0.434. The average Bonchev–Trinajstić information content (AvgIpc) is 2.49. The second-order valence-corrected chi connectivity index (χ2v) is 6.34. The third-order valence-corrected chi connectivity index (χ3v) is 4.70. The van der Waals surface area contributed by atoms with Gasteiger partial charge in [-0.25, -0.2) is 0 Å². The third-order valence-electron chi connectivity index (χ3n) is 3.32. The van der Waals surface area contributed by atoms with Gasteiger partial charge in [0.25, 0.3) is 0 Å². The highest BCUT2D eigenvalue weighted by molar-refractivity contribution is 14.0. The van der Waals surface area contributed by atoms with E-state index in [0.29, 0.717) is 17.8 Å². The number of nitrogens with two attached hydrogens (primary N) is 1. The summed E-state index contributed by atoms with van der Waals surface area (Å²) in [7, 11) is 1.69. The van der Waals surface area contributed by atoms with Gasteiger partial charge < -0.3 is 15.8 Å². The van der Waals surface area contributed by atoms with E-state index in [9.17, 15) is 0 Å². The number of nitrogens with zero attached hydrogens (tertiary/aromatic N) is 1. The topological polar surface area (TPSA) is 59.6 Å². The van der Waals surface area contributed by atoms with E-state index >= 15 is 0 Å². The summed E-state index contributed by atoms with van der Waals surface area (Å²) in [6.07, 6.45) is 3.90. The predicted octanol–water partition coefficient (Wildman–Crippen LogP) is 3.46. The molecule has 6 heteroatoms. The van der Waals surface area contributed by atoms with Crippen LogP contribution in [0.15, 0.2) is 29.3 Å². The number of nitrogens with one attached hydrogen (secondary N) is 1. The Morgan fingerprint density at radius 3 is 2.95 bits per heavy atom. The Balaban J connectivity index is 0.00000220. The number of aliphatic imine (C=N–C) groups is 1. The van der Waals surface area contributed by atoms with Gasteiger partial charge in [-0.2, -0.15) is 11.8 Å². The lowest BCUT2D eigenvalue weighted by Gasteiger charge is -2.19. The van der Waals surface area contributed by atoms with Crippen LogP contribution in [0.25, 0.3) is 0 Å². The highest BCUT2D eigenvalue weighted by Gasteiger charge is 2.13. The van der Waals surface area contributed by atoms with Gasteiger partial charge in [0.2, 0.25) is 0 Å². The maximum absolute atomic E-state index is 5.98. The fourth-order valence-electron chi connectivity index (χ4n) is 2.25. The molecule has 2 rings (SSSR count). The summed E-state index contributed by atoms with van der Waals surface area (Å²) in [5, 5.41) is 3.80. The van der Waals surface area contributed by atoms with Crippen molar-refractivity contribution in [3.8, 4) is 0 Å². The number of anilines is 1. The molecule has 1 aliphatic heterocycles. The molecule has 118 valence electrons. The number of guanidine groups is 1. The molecule has 4 nitrogen and oxygen atoms in total. The van der Waals surface area contributed by atoms with Gasteiger partial charge in [0.1, 0.15) is 0 Å². The molecular formula is C15H24IN3OS. The number of ether oxygens (including phenoxy) is 1. The summed E-state index contributed by atoms with van der Waals surface area (Å²) in [4.78, 5) is 4.47. The highest BCUT2D eigenvalue weighted by atomic mass is 127. The first-order valence-corrected chi connectivity index (χ1v) is 8.10. The van der Waals surface area contributed by atoms with E-state index in [4.69, 9.17) is 10.5 Å². The Morgan fingerprint density at radius 2 is 2.24 bits per heavy atom. The Labute approximate surface area is 148 Å². The lowest BCUT2D eigenvalue weighted by Crippen LogP contribution is -2.25. The zero-order valence-electron chi connectivity index (χ0n) is 12.4. The van der Waals surface area contributed by atoms with E-state index in [0.717, 1.165) is 17.8 Å². The van der Waals surface area contributed by atoms with Crippen LogP contribution in [-0.4, -0.2) is 30.6 Å². The molecule has 1 atom stereocenters. The highest BCUT2D eigenvalue weighted by Crippen LogP contribution is 2.25. The number of benzene rings is 1. The van der Waals surface area contributed by atoms with Crippen LogP contribution >= 0.6 is 35.7 Å². The summed E-state index contributed by atoms with van der Waals surface area (Å²) < 4.78 is 5.18. The fourth-order valence-corrected chi connectivity index (χ4v) is 3.47. The molecule has 1 heterocycles. The Hall–Kier alpha value is -0.470. The van der Waals surface area contributed by atoms with Gasteiger partial charge in [-0.15, -0.1) is 24.0 Å². The first kappa shape index (κ1) is 18.6. The molecule has 0 aromatic heterocycles. The third kappa shape index (κ3) is 6.44. The number of hydrogen-bond acceptors (Lipinski definition) is 3. The minimum atomic E-state index is 0. The number of para-hydroxylation sites is 1. The first-order valence-electron chi connectivity index (χ1n) is 7.05.